The van der Waals surface area contributed by atoms with Gasteiger partial charge in [-0.25, -0.2) is 4.79 Å². The van der Waals surface area contributed by atoms with E-state index in [1.54, 1.807) is 22.0 Å². The fourth-order valence-electron chi connectivity index (χ4n) is 10.3. The molecule has 0 bridgehead atoms. The van der Waals surface area contributed by atoms with Crippen molar-refractivity contribution in [2.45, 2.75) is 92.4 Å². The average molecular weight is 1130 g/mol. The van der Waals surface area contributed by atoms with Gasteiger partial charge in [-0.2, -0.15) is 13.2 Å². The number of amides is 2. The number of aromatic hydroxyl groups is 2. The van der Waals surface area contributed by atoms with Crippen LogP contribution in [0.3, 0.4) is 0 Å². The summed E-state index contributed by atoms with van der Waals surface area (Å²) in [4.78, 5) is 52.6. The Morgan fingerprint density at radius 3 is 2.11 bits per heavy atom. The largest absolute Gasteiger partial charge is 0.508 e. The highest BCUT2D eigenvalue weighted by Crippen LogP contribution is 2.41. The van der Waals surface area contributed by atoms with Crippen LogP contribution in [0.2, 0.25) is 5.02 Å². The lowest BCUT2D eigenvalue weighted by atomic mass is 9.95. The molecule has 1 atom stereocenters. The molecule has 79 heavy (non-hydrogen) atoms. The van der Waals surface area contributed by atoms with Crippen LogP contribution in [0.15, 0.2) is 65.7 Å². The van der Waals surface area contributed by atoms with Crippen molar-refractivity contribution in [1.29, 1.82) is 0 Å². The molecule has 3 aromatic carbocycles. The van der Waals surface area contributed by atoms with Crippen molar-refractivity contribution in [3.8, 4) is 33.6 Å². The number of hydrogen-bond donors (Lipinski definition) is 4. The van der Waals surface area contributed by atoms with E-state index in [1.807, 2.05) is 62.1 Å². The third-order valence-corrected chi connectivity index (χ3v) is 16.4. The molecule has 18 nitrogen and oxygen atoms in total. The minimum absolute atomic E-state index is 0.000295. The molecule has 9 rings (SSSR count). The number of nitrogens with zero attached hydrogens (tertiary/aromatic N) is 11. The number of hydrogen-bond acceptors (Lipinski definition) is 14. The van der Waals surface area contributed by atoms with Crippen LogP contribution in [-0.2, 0) is 16.1 Å². The van der Waals surface area contributed by atoms with Gasteiger partial charge in [0.1, 0.15) is 28.4 Å². The van der Waals surface area contributed by atoms with Gasteiger partial charge in [-0.05, 0) is 106 Å². The summed E-state index contributed by atoms with van der Waals surface area (Å²) in [6.07, 6.45) is -2.93. The van der Waals surface area contributed by atoms with Crippen LogP contribution < -0.4 is 5.32 Å². The Kier molecular flexibility index (Phi) is 18.6. The monoisotopic (exact) mass is 1130 g/mol. The molecule has 2 amide bonds. The lowest BCUT2D eigenvalue weighted by molar-refractivity contribution is -0.192. The molecule has 4 N–H and O–H groups in total. The number of alkyl halides is 3. The second-order valence-corrected chi connectivity index (χ2v) is 22.2. The number of phenols is 2. The highest BCUT2D eigenvalue weighted by molar-refractivity contribution is 7.15. The predicted molar refractivity (Wildman–Crippen MR) is 297 cm³/mol. The molecule has 2 saturated heterocycles. The fraction of sp³-hybridized carbons (Fsp3) is 0.464. The lowest BCUT2D eigenvalue weighted by Gasteiger charge is -2.39. The summed E-state index contributed by atoms with van der Waals surface area (Å²) in [6, 6.07) is 18.4. The molecule has 3 aliphatic heterocycles. The Balaban J connectivity index is 0.00000110. The molecule has 6 aromatic rings. The van der Waals surface area contributed by atoms with Gasteiger partial charge in [-0.1, -0.05) is 63.6 Å². The lowest BCUT2D eigenvalue weighted by Crippen LogP contribution is -2.48. The maximum atomic E-state index is 14.1. The number of aromatic nitrogens is 6. The van der Waals surface area contributed by atoms with E-state index in [1.165, 1.54) is 16.5 Å². The fourth-order valence-corrected chi connectivity index (χ4v) is 11.7. The zero-order valence-electron chi connectivity index (χ0n) is 45.5. The van der Waals surface area contributed by atoms with Crippen LogP contribution in [0.1, 0.15) is 114 Å². The summed E-state index contributed by atoms with van der Waals surface area (Å²) < 4.78 is 35.5. The van der Waals surface area contributed by atoms with Crippen LogP contribution in [0.4, 0.5) is 13.2 Å². The second kappa shape index (κ2) is 25.2. The molecular formula is C56H68ClF3N12O6S. The third-order valence-electron chi connectivity index (χ3n) is 15.0. The van der Waals surface area contributed by atoms with Crippen LogP contribution >= 0.6 is 22.9 Å². The van der Waals surface area contributed by atoms with Gasteiger partial charge in [0, 0.05) is 98.2 Å². The number of likely N-dealkylation sites (tertiary alicyclic amines) is 1. The van der Waals surface area contributed by atoms with Crippen LogP contribution in [0.5, 0.6) is 11.5 Å². The number of fused-ring (bicyclic) bond motifs is 3. The normalized spacial score (nSPS) is 16.3. The molecule has 3 aliphatic rings. The number of aliphatic carboxylic acids is 1. The van der Waals surface area contributed by atoms with Crippen molar-refractivity contribution >= 4 is 46.4 Å². The smallest absolute Gasteiger partial charge is 0.490 e. The number of benzene rings is 3. The Labute approximate surface area is 466 Å². The van der Waals surface area contributed by atoms with Gasteiger partial charge in [-0.3, -0.25) is 28.6 Å². The van der Waals surface area contributed by atoms with E-state index >= 15 is 0 Å². The molecule has 6 heterocycles. The molecule has 0 aliphatic carbocycles. The maximum absolute atomic E-state index is 14.1. The standard InChI is InChI=1S/C54H67ClN12O4S.C2HF3O2/c1-8-62(9-2)23-20-56-53(71)52-61-59-50(43-28-42(33(3)4)45(68)30-46(43)69)67(52)41-16-10-37(11-17-41)31-63-24-26-64(27-25-63)32-38-18-21-65(22-19-38)47(70)29-44-51-60-58-36(7)66(51)54-48(34(5)35(6)72-54)49(57-44)39-12-14-40(55)15-13-39;3-2(4,5)1(6)7/h10-17,28,30,33,38,44,68-69H,8-9,18-27,29,31-32H2,1-7H3,(H,56,71);(H,6,7)/t44-;/m0./s1. The molecular weight excluding hydrogens is 1060 g/mol. The Morgan fingerprint density at radius 1 is 0.848 bits per heavy atom. The van der Waals surface area contributed by atoms with E-state index < -0.39 is 18.2 Å². The molecule has 0 saturated carbocycles. The summed E-state index contributed by atoms with van der Waals surface area (Å²) in [7, 11) is 0. The summed E-state index contributed by atoms with van der Waals surface area (Å²) in [5, 5.41) is 51.4. The number of nitrogens with one attached hydrogen (secondary N) is 1. The minimum atomic E-state index is -5.08. The van der Waals surface area contributed by atoms with Crippen molar-refractivity contribution < 1.29 is 42.9 Å². The number of piperazine rings is 1. The highest BCUT2D eigenvalue weighted by atomic mass is 35.5. The second-order valence-electron chi connectivity index (χ2n) is 20.5. The van der Waals surface area contributed by atoms with E-state index in [0.717, 1.165) is 112 Å². The third kappa shape index (κ3) is 13.5. The van der Waals surface area contributed by atoms with Crippen molar-refractivity contribution in [3.63, 3.8) is 0 Å². The number of carbonyl (C=O) groups is 3. The number of aryl methyl sites for hydroxylation is 2. The summed E-state index contributed by atoms with van der Waals surface area (Å²) in [6.45, 7) is 24.4. The number of carboxylic acids is 1. The maximum Gasteiger partial charge on any atom is 0.490 e. The summed E-state index contributed by atoms with van der Waals surface area (Å²) in [5.41, 5.74) is 6.90. The highest BCUT2D eigenvalue weighted by Gasteiger charge is 2.38. The number of thiophene rings is 1. The number of carboxylic acid groups (broad SMARTS) is 1. The molecule has 23 heteroatoms. The van der Waals surface area contributed by atoms with Gasteiger partial charge < -0.3 is 35.3 Å². The first kappa shape index (κ1) is 58.4. The molecule has 2 fully saturated rings. The van der Waals surface area contributed by atoms with Crippen LogP contribution in [0, 0.1) is 26.7 Å². The van der Waals surface area contributed by atoms with Gasteiger partial charge in [0.05, 0.1) is 17.7 Å². The van der Waals surface area contributed by atoms with E-state index in [0.29, 0.717) is 52.5 Å². The number of phenolic OH excluding ortho intramolecular Hbond substituents is 2. The average Bonchev–Trinajstić information content (AvgIpc) is 4.27. The summed E-state index contributed by atoms with van der Waals surface area (Å²) >= 11 is 8.02. The number of aliphatic imine (C=N–C) groups is 1. The molecule has 0 radical (unpaired) electrons. The number of rotatable bonds is 16. The van der Waals surface area contributed by atoms with Gasteiger partial charge in [0.25, 0.3) is 5.91 Å². The van der Waals surface area contributed by atoms with Crippen molar-refractivity contribution in [1.82, 2.24) is 54.4 Å². The molecule has 3 aromatic heterocycles. The predicted octanol–water partition coefficient (Wildman–Crippen LogP) is 8.73. The van der Waals surface area contributed by atoms with Gasteiger partial charge in [0.15, 0.2) is 11.6 Å². The van der Waals surface area contributed by atoms with Gasteiger partial charge >= 0.3 is 12.1 Å². The van der Waals surface area contributed by atoms with Crippen molar-refractivity contribution in [2.24, 2.45) is 10.9 Å². The van der Waals surface area contributed by atoms with Gasteiger partial charge in [-0.15, -0.1) is 31.7 Å². The topological polar surface area (TPSA) is 211 Å². The van der Waals surface area contributed by atoms with Crippen molar-refractivity contribution in [2.75, 3.05) is 72.0 Å². The number of piperidine rings is 1. The van der Waals surface area contributed by atoms with Crippen LogP contribution in [-0.4, -0.2) is 166 Å². The van der Waals surface area contributed by atoms with E-state index in [9.17, 15) is 33.0 Å². The van der Waals surface area contributed by atoms with Crippen molar-refractivity contribution in [3.05, 3.63) is 116 Å². The Bertz CT molecular complexity index is 3160. The quantitative estimate of drug-likeness (QED) is 0.0715. The number of carbonyl (C=O) groups excluding carboxylic acids is 2. The number of likely N-dealkylation sites (N-methyl/N-ethyl adjacent to an activating group) is 1. The van der Waals surface area contributed by atoms with E-state index in [2.05, 4.69) is 84.8 Å². The zero-order chi connectivity index (χ0) is 56.9. The van der Waals surface area contributed by atoms with E-state index in [4.69, 9.17) is 26.5 Å². The first-order valence-electron chi connectivity index (χ1n) is 26.7. The SMILES string of the molecule is CCN(CC)CCNC(=O)c1nnc(-c2cc(C(C)C)c(O)cc2O)n1-c1ccc(CN2CCN(CC3CCN(C(=O)C[C@@H]4N=C(c5ccc(Cl)cc5)c5c(sc(C)c5C)-n5c(C)nnc54)CC3)CC2)cc1.O=C(O)C(F)(F)F. The Hall–Kier alpha value is -6.72. The molecule has 422 valence electrons. The summed E-state index contributed by atoms with van der Waals surface area (Å²) in [5.74, 6) is -0.775. The molecule has 0 unspecified atom stereocenters. The first-order chi connectivity index (χ1) is 37.6. The first-order valence-corrected chi connectivity index (χ1v) is 27.8. The van der Waals surface area contributed by atoms with Crippen LogP contribution in [0.25, 0.3) is 22.1 Å². The number of halogens is 4. The Morgan fingerprint density at radius 2 is 1.49 bits per heavy atom. The minimum Gasteiger partial charge on any atom is -0.508 e. The van der Waals surface area contributed by atoms with Gasteiger partial charge in [0.2, 0.25) is 11.7 Å². The molecule has 0 spiro atoms. The van der Waals surface area contributed by atoms with E-state index in [-0.39, 0.29) is 41.5 Å². The zero-order valence-corrected chi connectivity index (χ0v) is 47.1.